The molecule has 0 spiro atoms. The number of nitrogens with one attached hydrogen (secondary N) is 1. The lowest BCUT2D eigenvalue weighted by molar-refractivity contribution is -0.145. The number of rotatable bonds is 11. The Labute approximate surface area is 172 Å². The van der Waals surface area contributed by atoms with E-state index < -0.39 is 12.1 Å². The molecule has 2 atom stereocenters. The summed E-state index contributed by atoms with van der Waals surface area (Å²) in [5, 5.41) is 2.80. The second-order valence-corrected chi connectivity index (χ2v) is 6.91. The number of nitrogens with zero attached hydrogens (tertiary/aromatic N) is 2. The molecular formula is C23H29N3O3. The van der Waals surface area contributed by atoms with E-state index in [1.165, 1.54) is 9.80 Å². The Morgan fingerprint density at radius 1 is 1.17 bits per heavy atom. The maximum atomic E-state index is 13.4. The van der Waals surface area contributed by atoms with Crippen molar-refractivity contribution >= 4 is 17.7 Å². The summed E-state index contributed by atoms with van der Waals surface area (Å²) in [5.41, 5.74) is 0.943. The van der Waals surface area contributed by atoms with Crippen LogP contribution in [0.5, 0.6) is 0 Å². The molecule has 1 aliphatic rings. The first-order valence-electron chi connectivity index (χ1n) is 9.77. The largest absolute Gasteiger partial charge is 0.351 e. The van der Waals surface area contributed by atoms with E-state index in [0.29, 0.717) is 32.4 Å². The van der Waals surface area contributed by atoms with Gasteiger partial charge in [0.05, 0.1) is 0 Å². The van der Waals surface area contributed by atoms with E-state index in [-0.39, 0.29) is 24.3 Å². The summed E-state index contributed by atoms with van der Waals surface area (Å²) in [4.78, 5) is 41.6. The molecule has 0 saturated carbocycles. The molecular weight excluding hydrogens is 366 g/mol. The fourth-order valence-corrected chi connectivity index (χ4v) is 3.53. The van der Waals surface area contributed by atoms with Gasteiger partial charge in [-0.3, -0.25) is 14.4 Å². The van der Waals surface area contributed by atoms with Crippen LogP contribution in [0, 0.1) is 0 Å². The first-order chi connectivity index (χ1) is 14.0. The highest BCUT2D eigenvalue weighted by Crippen LogP contribution is 2.22. The van der Waals surface area contributed by atoms with Gasteiger partial charge in [-0.15, -0.1) is 19.7 Å². The Kier molecular flexibility index (Phi) is 8.40. The third-order valence-electron chi connectivity index (χ3n) is 4.92. The molecule has 0 aromatic heterocycles. The highest BCUT2D eigenvalue weighted by Gasteiger charge is 2.40. The quantitative estimate of drug-likeness (QED) is 0.584. The Balaban J connectivity index is 2.33. The predicted octanol–water partition coefficient (Wildman–Crippen LogP) is 2.09. The molecule has 2 rings (SSSR count). The molecule has 0 bridgehead atoms. The van der Waals surface area contributed by atoms with Crippen molar-refractivity contribution in [1.29, 1.82) is 0 Å². The minimum atomic E-state index is -0.718. The van der Waals surface area contributed by atoms with Crippen LogP contribution in [0.2, 0.25) is 0 Å². The summed E-state index contributed by atoms with van der Waals surface area (Å²) >= 11 is 0. The van der Waals surface area contributed by atoms with Crippen molar-refractivity contribution in [3.63, 3.8) is 0 Å². The lowest BCUT2D eigenvalue weighted by Gasteiger charge is -2.34. The minimum Gasteiger partial charge on any atom is -0.351 e. The first-order valence-corrected chi connectivity index (χ1v) is 9.77. The standard InChI is InChI=1S/C23H29N3O3/c1-4-14-24-22(28)20(17-18-10-8-7-9-11-18)26(16-6-3)23(29)19-12-13-21(27)25(19)15-5-2/h4-11,19-20H,1-3,12-17H2,(H,24,28)/t19-,20?/m0/s1. The third kappa shape index (κ3) is 5.67. The molecule has 1 unspecified atom stereocenters. The number of amides is 3. The van der Waals surface area contributed by atoms with E-state index in [2.05, 4.69) is 25.1 Å². The molecule has 1 fully saturated rings. The van der Waals surface area contributed by atoms with Crippen LogP contribution in [0.25, 0.3) is 0 Å². The van der Waals surface area contributed by atoms with Crippen LogP contribution in [0.4, 0.5) is 0 Å². The molecule has 0 radical (unpaired) electrons. The van der Waals surface area contributed by atoms with E-state index in [0.717, 1.165) is 5.56 Å². The van der Waals surface area contributed by atoms with Gasteiger partial charge in [-0.1, -0.05) is 48.6 Å². The van der Waals surface area contributed by atoms with Crippen LogP contribution in [-0.2, 0) is 20.8 Å². The summed E-state index contributed by atoms with van der Waals surface area (Å²) in [6, 6.07) is 8.24. The SMILES string of the molecule is C=CCNC(=O)C(Cc1ccccc1)N(CC=C)C(=O)[C@@H]1CCC(=O)N1CC=C. The van der Waals surface area contributed by atoms with Crippen molar-refractivity contribution < 1.29 is 14.4 Å². The van der Waals surface area contributed by atoms with Crippen LogP contribution in [0.1, 0.15) is 18.4 Å². The van der Waals surface area contributed by atoms with Gasteiger partial charge in [-0.05, 0) is 12.0 Å². The molecule has 154 valence electrons. The monoisotopic (exact) mass is 395 g/mol. The topological polar surface area (TPSA) is 69.7 Å². The lowest BCUT2D eigenvalue weighted by Crippen LogP contribution is -2.55. The van der Waals surface area contributed by atoms with Gasteiger partial charge in [0, 0.05) is 32.5 Å². The summed E-state index contributed by atoms with van der Waals surface area (Å²) in [6.07, 6.45) is 5.93. The predicted molar refractivity (Wildman–Crippen MR) is 114 cm³/mol. The molecule has 1 aliphatic heterocycles. The minimum absolute atomic E-state index is 0.0717. The van der Waals surface area contributed by atoms with Gasteiger partial charge < -0.3 is 15.1 Å². The molecule has 6 nitrogen and oxygen atoms in total. The van der Waals surface area contributed by atoms with Gasteiger partial charge in [0.15, 0.2) is 0 Å². The lowest BCUT2D eigenvalue weighted by atomic mass is 10.0. The zero-order valence-electron chi connectivity index (χ0n) is 16.8. The van der Waals surface area contributed by atoms with Gasteiger partial charge in [0.25, 0.3) is 0 Å². The zero-order chi connectivity index (χ0) is 21.2. The Bertz CT molecular complexity index is 760. The summed E-state index contributed by atoms with van der Waals surface area (Å²) in [5.74, 6) is -0.576. The summed E-state index contributed by atoms with van der Waals surface area (Å²) < 4.78 is 0. The van der Waals surface area contributed by atoms with Crippen molar-refractivity contribution in [2.24, 2.45) is 0 Å². The van der Waals surface area contributed by atoms with Crippen LogP contribution >= 0.6 is 0 Å². The molecule has 1 aromatic rings. The van der Waals surface area contributed by atoms with E-state index in [1.54, 1.807) is 18.2 Å². The van der Waals surface area contributed by atoms with Gasteiger partial charge in [0.2, 0.25) is 17.7 Å². The number of likely N-dealkylation sites (tertiary alicyclic amines) is 1. The molecule has 1 aromatic carbocycles. The maximum absolute atomic E-state index is 13.4. The van der Waals surface area contributed by atoms with Crippen molar-refractivity contribution in [2.75, 3.05) is 19.6 Å². The Hall–Kier alpha value is -3.15. The summed E-state index contributed by atoms with van der Waals surface area (Å²) in [6.45, 7) is 11.9. The summed E-state index contributed by atoms with van der Waals surface area (Å²) in [7, 11) is 0. The van der Waals surface area contributed by atoms with E-state index in [9.17, 15) is 14.4 Å². The first kappa shape index (κ1) is 22.1. The van der Waals surface area contributed by atoms with E-state index >= 15 is 0 Å². The molecule has 1 N–H and O–H groups in total. The number of carbonyl (C=O) groups excluding carboxylic acids is 3. The van der Waals surface area contributed by atoms with Crippen LogP contribution in [-0.4, -0.2) is 59.2 Å². The van der Waals surface area contributed by atoms with E-state index in [4.69, 9.17) is 0 Å². The Morgan fingerprint density at radius 3 is 2.52 bits per heavy atom. The molecule has 3 amide bonds. The maximum Gasteiger partial charge on any atom is 0.246 e. The van der Waals surface area contributed by atoms with Crippen molar-refractivity contribution in [3.05, 3.63) is 73.9 Å². The number of hydrogen-bond donors (Lipinski definition) is 1. The molecule has 6 heteroatoms. The second kappa shape index (κ2) is 11.0. The fraction of sp³-hybridized carbons (Fsp3) is 0.348. The van der Waals surface area contributed by atoms with Gasteiger partial charge in [0.1, 0.15) is 12.1 Å². The van der Waals surface area contributed by atoms with Gasteiger partial charge in [-0.2, -0.15) is 0 Å². The van der Waals surface area contributed by atoms with Crippen molar-refractivity contribution in [3.8, 4) is 0 Å². The molecule has 0 aliphatic carbocycles. The average molecular weight is 396 g/mol. The zero-order valence-corrected chi connectivity index (χ0v) is 16.8. The second-order valence-electron chi connectivity index (χ2n) is 6.91. The van der Waals surface area contributed by atoms with Crippen LogP contribution in [0.15, 0.2) is 68.3 Å². The fourth-order valence-electron chi connectivity index (χ4n) is 3.53. The van der Waals surface area contributed by atoms with Crippen molar-refractivity contribution in [2.45, 2.75) is 31.3 Å². The third-order valence-corrected chi connectivity index (χ3v) is 4.92. The average Bonchev–Trinajstić information content (AvgIpc) is 3.09. The highest BCUT2D eigenvalue weighted by molar-refractivity contribution is 5.94. The van der Waals surface area contributed by atoms with Crippen LogP contribution in [0.3, 0.4) is 0 Å². The normalized spacial score (nSPS) is 16.8. The molecule has 1 heterocycles. The Morgan fingerprint density at radius 2 is 1.90 bits per heavy atom. The smallest absolute Gasteiger partial charge is 0.246 e. The number of benzene rings is 1. The molecule has 1 saturated heterocycles. The van der Waals surface area contributed by atoms with Crippen LogP contribution < -0.4 is 5.32 Å². The molecule has 29 heavy (non-hydrogen) atoms. The number of carbonyl (C=O) groups is 3. The van der Waals surface area contributed by atoms with Gasteiger partial charge >= 0.3 is 0 Å². The van der Waals surface area contributed by atoms with Crippen molar-refractivity contribution in [1.82, 2.24) is 15.1 Å². The highest BCUT2D eigenvalue weighted by atomic mass is 16.2. The van der Waals surface area contributed by atoms with E-state index in [1.807, 2.05) is 30.3 Å². The number of hydrogen-bond acceptors (Lipinski definition) is 3. The van der Waals surface area contributed by atoms with Gasteiger partial charge in [-0.25, -0.2) is 0 Å².